The maximum Gasteiger partial charge on any atom is 0.207 e. The lowest BCUT2D eigenvalue weighted by atomic mass is 10.0. The van der Waals surface area contributed by atoms with Gasteiger partial charge in [-0.15, -0.1) is 11.3 Å². The quantitative estimate of drug-likeness (QED) is 0.649. The molecule has 0 atom stereocenters. The van der Waals surface area contributed by atoms with Gasteiger partial charge in [0.2, 0.25) is 5.78 Å². The summed E-state index contributed by atoms with van der Waals surface area (Å²) in [5, 5.41) is 0.888. The third-order valence-electron chi connectivity index (χ3n) is 5.46. The van der Waals surface area contributed by atoms with Crippen molar-refractivity contribution in [2.45, 2.75) is 40.0 Å². The number of anilines is 2. The fourth-order valence-corrected chi connectivity index (χ4v) is 4.84. The van der Waals surface area contributed by atoms with Crippen LogP contribution in [-0.2, 0) is 0 Å². The number of thiophene rings is 1. The van der Waals surface area contributed by atoms with Crippen LogP contribution in [0.2, 0.25) is 0 Å². The molecule has 4 nitrogen and oxygen atoms in total. The van der Waals surface area contributed by atoms with Crippen molar-refractivity contribution in [2.75, 3.05) is 23.7 Å². The number of rotatable bonds is 3. The number of nitrogens with two attached hydrogens (primary N) is 1. The number of nitrogens with zero attached hydrogens (tertiary/aromatic N) is 2. The van der Waals surface area contributed by atoms with Crippen molar-refractivity contribution >= 4 is 38.7 Å². The summed E-state index contributed by atoms with van der Waals surface area (Å²) in [6.07, 6.45) is 3.61. The zero-order chi connectivity index (χ0) is 19.1. The first kappa shape index (κ1) is 18.0. The predicted molar refractivity (Wildman–Crippen MR) is 114 cm³/mol. The highest BCUT2D eigenvalue weighted by atomic mass is 32.1. The van der Waals surface area contributed by atoms with Gasteiger partial charge in [0.15, 0.2) is 0 Å². The number of piperidine rings is 1. The van der Waals surface area contributed by atoms with Gasteiger partial charge in [-0.3, -0.25) is 4.79 Å². The van der Waals surface area contributed by atoms with E-state index in [1.54, 1.807) is 0 Å². The molecule has 0 saturated carbocycles. The second kappa shape index (κ2) is 6.97. The van der Waals surface area contributed by atoms with E-state index in [-0.39, 0.29) is 5.78 Å². The number of hydrogen-bond donors (Lipinski definition) is 1. The van der Waals surface area contributed by atoms with Crippen molar-refractivity contribution < 1.29 is 4.79 Å². The number of ketones is 1. The van der Waals surface area contributed by atoms with Gasteiger partial charge in [-0.25, -0.2) is 4.98 Å². The van der Waals surface area contributed by atoms with Gasteiger partial charge in [0.05, 0.1) is 5.69 Å². The summed E-state index contributed by atoms with van der Waals surface area (Å²) in [7, 11) is 0. The molecule has 27 heavy (non-hydrogen) atoms. The number of hydrogen-bond acceptors (Lipinski definition) is 5. The molecule has 0 aliphatic carbocycles. The molecule has 1 aromatic carbocycles. The van der Waals surface area contributed by atoms with E-state index in [1.165, 1.54) is 30.6 Å². The Morgan fingerprint density at radius 2 is 1.85 bits per heavy atom. The molecule has 140 valence electrons. The van der Waals surface area contributed by atoms with Crippen LogP contribution in [-0.4, -0.2) is 23.9 Å². The van der Waals surface area contributed by atoms with Crippen LogP contribution in [0, 0.1) is 20.8 Å². The molecule has 0 unspecified atom stereocenters. The van der Waals surface area contributed by atoms with Crippen LogP contribution in [0.15, 0.2) is 24.3 Å². The lowest BCUT2D eigenvalue weighted by molar-refractivity contribution is 0.104. The molecule has 0 bridgehead atoms. The largest absolute Gasteiger partial charge is 0.397 e. The van der Waals surface area contributed by atoms with Gasteiger partial charge in [-0.05, 0) is 63.8 Å². The van der Waals surface area contributed by atoms with E-state index in [0.717, 1.165) is 51.4 Å². The lowest BCUT2D eigenvalue weighted by Crippen LogP contribution is -2.30. The van der Waals surface area contributed by atoms with E-state index in [9.17, 15) is 4.79 Å². The highest BCUT2D eigenvalue weighted by molar-refractivity contribution is 7.21. The number of carbonyl (C=O) groups is 1. The molecule has 5 heteroatoms. The van der Waals surface area contributed by atoms with Gasteiger partial charge in [0, 0.05) is 35.4 Å². The monoisotopic (exact) mass is 379 g/mol. The molecule has 2 N–H and O–H groups in total. The maximum absolute atomic E-state index is 13.5. The van der Waals surface area contributed by atoms with Crippen LogP contribution in [0.5, 0.6) is 0 Å². The first-order chi connectivity index (χ1) is 13.0. The van der Waals surface area contributed by atoms with E-state index in [0.29, 0.717) is 10.6 Å². The summed E-state index contributed by atoms with van der Waals surface area (Å²) >= 11 is 1.41. The fourth-order valence-electron chi connectivity index (χ4n) is 3.76. The topological polar surface area (TPSA) is 59.2 Å². The van der Waals surface area contributed by atoms with Crippen LogP contribution in [0.4, 0.5) is 11.4 Å². The summed E-state index contributed by atoms with van der Waals surface area (Å²) in [5.74, 6) is 0.00933. The van der Waals surface area contributed by atoms with Gasteiger partial charge in [-0.2, -0.15) is 0 Å². The SMILES string of the molecule is Cc1ccc(N2CCCCC2)c(C(=O)c2sc3nc(C)c(C)cc3c2N)c1. The van der Waals surface area contributed by atoms with Crippen molar-refractivity contribution in [3.05, 3.63) is 51.5 Å². The summed E-state index contributed by atoms with van der Waals surface area (Å²) in [6, 6.07) is 8.22. The Morgan fingerprint density at radius 1 is 1.11 bits per heavy atom. The minimum atomic E-state index is 0.00933. The number of aryl methyl sites for hydroxylation is 3. The zero-order valence-corrected chi connectivity index (χ0v) is 16.9. The second-order valence-electron chi connectivity index (χ2n) is 7.49. The third kappa shape index (κ3) is 3.21. The molecular formula is C22H25N3OS. The summed E-state index contributed by atoms with van der Waals surface area (Å²) in [4.78, 5) is 21.9. The van der Waals surface area contributed by atoms with Gasteiger partial charge in [0.1, 0.15) is 9.71 Å². The molecule has 0 radical (unpaired) electrons. The minimum absolute atomic E-state index is 0.00933. The van der Waals surface area contributed by atoms with E-state index in [1.807, 2.05) is 32.9 Å². The highest BCUT2D eigenvalue weighted by Gasteiger charge is 2.24. The average Bonchev–Trinajstić information content (AvgIpc) is 2.98. The summed E-state index contributed by atoms with van der Waals surface area (Å²) < 4.78 is 0. The minimum Gasteiger partial charge on any atom is -0.397 e. The number of nitrogen functional groups attached to an aromatic ring is 1. The summed E-state index contributed by atoms with van der Waals surface area (Å²) in [6.45, 7) is 8.05. The van der Waals surface area contributed by atoms with Gasteiger partial charge in [-0.1, -0.05) is 11.6 Å². The van der Waals surface area contributed by atoms with E-state index < -0.39 is 0 Å². The molecule has 3 heterocycles. The Morgan fingerprint density at radius 3 is 2.59 bits per heavy atom. The van der Waals surface area contributed by atoms with Crippen molar-refractivity contribution in [2.24, 2.45) is 0 Å². The smallest absolute Gasteiger partial charge is 0.207 e. The number of pyridine rings is 1. The molecule has 1 aliphatic heterocycles. The van der Waals surface area contributed by atoms with E-state index in [4.69, 9.17) is 5.73 Å². The molecular weight excluding hydrogens is 354 g/mol. The number of fused-ring (bicyclic) bond motifs is 1. The van der Waals surface area contributed by atoms with Crippen molar-refractivity contribution in [1.82, 2.24) is 4.98 Å². The number of carbonyl (C=O) groups excluding carboxylic acids is 1. The molecule has 3 aromatic rings. The van der Waals surface area contributed by atoms with Gasteiger partial charge >= 0.3 is 0 Å². The predicted octanol–water partition coefficient (Wildman–Crippen LogP) is 5.03. The molecule has 1 aliphatic rings. The fraction of sp³-hybridized carbons (Fsp3) is 0.364. The van der Waals surface area contributed by atoms with Gasteiger partial charge < -0.3 is 10.6 Å². The van der Waals surface area contributed by atoms with Crippen LogP contribution < -0.4 is 10.6 Å². The van der Waals surface area contributed by atoms with Gasteiger partial charge in [0.25, 0.3) is 0 Å². The second-order valence-corrected chi connectivity index (χ2v) is 8.48. The number of aromatic nitrogens is 1. The van der Waals surface area contributed by atoms with E-state index >= 15 is 0 Å². The molecule has 1 fully saturated rings. The molecule has 4 rings (SSSR count). The lowest BCUT2D eigenvalue weighted by Gasteiger charge is -2.30. The Hall–Kier alpha value is -2.40. The van der Waals surface area contributed by atoms with Crippen LogP contribution in [0.3, 0.4) is 0 Å². The Labute approximate surface area is 164 Å². The first-order valence-electron chi connectivity index (χ1n) is 9.52. The van der Waals surface area contributed by atoms with Crippen molar-refractivity contribution in [3.8, 4) is 0 Å². The molecule has 1 saturated heterocycles. The van der Waals surface area contributed by atoms with Crippen LogP contribution >= 0.6 is 11.3 Å². The van der Waals surface area contributed by atoms with Crippen molar-refractivity contribution in [3.63, 3.8) is 0 Å². The molecule has 0 amide bonds. The number of benzene rings is 1. The van der Waals surface area contributed by atoms with Crippen LogP contribution in [0.1, 0.15) is 51.3 Å². The Kier molecular flexibility index (Phi) is 4.64. The average molecular weight is 380 g/mol. The molecule has 0 spiro atoms. The zero-order valence-electron chi connectivity index (χ0n) is 16.1. The normalized spacial score (nSPS) is 14.7. The van der Waals surface area contributed by atoms with Crippen LogP contribution in [0.25, 0.3) is 10.2 Å². The Balaban J connectivity index is 1.82. The molecule has 2 aromatic heterocycles. The highest BCUT2D eigenvalue weighted by Crippen LogP contribution is 2.37. The standard InChI is InChI=1S/C22H25N3OS/c1-13-7-8-18(25-9-5-4-6-10-25)16(11-13)20(26)21-19(23)17-12-14(2)15(3)24-22(17)27-21/h7-8,11-12H,4-6,9-10,23H2,1-3H3. The third-order valence-corrected chi connectivity index (χ3v) is 6.58. The maximum atomic E-state index is 13.5. The Bertz CT molecular complexity index is 1030. The summed E-state index contributed by atoms with van der Waals surface area (Å²) in [5.41, 5.74) is 11.9. The first-order valence-corrected chi connectivity index (χ1v) is 10.3. The van der Waals surface area contributed by atoms with E-state index in [2.05, 4.69) is 22.0 Å². The van der Waals surface area contributed by atoms with Crippen molar-refractivity contribution in [1.29, 1.82) is 0 Å².